The predicted octanol–water partition coefficient (Wildman–Crippen LogP) is 3.94. The molecule has 5 atom stereocenters. The van der Waals surface area contributed by atoms with Crippen LogP contribution < -0.4 is 5.32 Å². The Morgan fingerprint density at radius 3 is 2.61 bits per heavy atom. The molecule has 1 aromatic carbocycles. The molecule has 1 aromatic rings. The minimum Gasteiger partial charge on any atom is -0.381 e. The Morgan fingerprint density at radius 1 is 1.21 bits per heavy atom. The van der Waals surface area contributed by atoms with Crippen LogP contribution in [0.2, 0.25) is 0 Å². The van der Waals surface area contributed by atoms with Gasteiger partial charge < -0.3 is 5.32 Å². The van der Waals surface area contributed by atoms with Crippen LogP contribution in [0.5, 0.6) is 0 Å². The van der Waals surface area contributed by atoms with Crippen molar-refractivity contribution in [1.82, 2.24) is 0 Å². The Balaban J connectivity index is 1.71. The molecule has 0 amide bonds. The van der Waals surface area contributed by atoms with Gasteiger partial charge in [0, 0.05) is 24.1 Å². The van der Waals surface area contributed by atoms with Gasteiger partial charge in [-0.05, 0) is 54.2 Å². The molecule has 2 saturated carbocycles. The number of fused-ring (bicyclic) bond motifs is 5. The molecule has 2 fully saturated rings. The van der Waals surface area contributed by atoms with Crippen molar-refractivity contribution in [3.63, 3.8) is 0 Å². The zero-order valence-corrected chi connectivity index (χ0v) is 17.1. The van der Waals surface area contributed by atoms with Crippen molar-refractivity contribution in [2.24, 2.45) is 16.7 Å². The van der Waals surface area contributed by atoms with Gasteiger partial charge in [0.1, 0.15) is 11.0 Å². The third-order valence-corrected chi connectivity index (χ3v) is 9.56. The molecule has 5 nitrogen and oxygen atoms in total. The SMILES string of the molecule is CC1(C)C2CCC1(C(C1=CCCC3Nc4ccccc4C13)S(=O)(=O)O)C(=O)C2. The summed E-state index contributed by atoms with van der Waals surface area (Å²) >= 11 is 0. The van der Waals surface area contributed by atoms with E-state index < -0.39 is 26.2 Å². The van der Waals surface area contributed by atoms with Crippen LogP contribution in [0.25, 0.3) is 0 Å². The van der Waals surface area contributed by atoms with Crippen molar-refractivity contribution < 1.29 is 17.8 Å². The van der Waals surface area contributed by atoms with Crippen molar-refractivity contribution in [2.45, 2.75) is 63.2 Å². The number of nitrogens with one attached hydrogen (secondary N) is 1. The molecule has 5 rings (SSSR count). The number of rotatable bonds is 3. The first-order valence-corrected chi connectivity index (χ1v) is 11.7. The van der Waals surface area contributed by atoms with Gasteiger partial charge in [-0.3, -0.25) is 9.35 Å². The Morgan fingerprint density at radius 2 is 1.96 bits per heavy atom. The van der Waals surface area contributed by atoms with Crippen molar-refractivity contribution in [1.29, 1.82) is 0 Å². The van der Waals surface area contributed by atoms with E-state index in [4.69, 9.17) is 0 Å². The first-order chi connectivity index (χ1) is 13.2. The molecule has 150 valence electrons. The Bertz CT molecular complexity index is 996. The fourth-order valence-electron chi connectivity index (χ4n) is 6.91. The highest BCUT2D eigenvalue weighted by atomic mass is 32.2. The first-order valence-electron chi connectivity index (χ1n) is 10.2. The third-order valence-electron chi connectivity index (χ3n) is 8.29. The molecule has 0 saturated heterocycles. The molecule has 0 aromatic heterocycles. The average molecular weight is 402 g/mol. The molecule has 6 heteroatoms. The summed E-state index contributed by atoms with van der Waals surface area (Å²) in [4.78, 5) is 13.2. The van der Waals surface area contributed by atoms with Gasteiger partial charge in [-0.25, -0.2) is 0 Å². The van der Waals surface area contributed by atoms with Gasteiger partial charge in [-0.15, -0.1) is 0 Å². The zero-order valence-electron chi connectivity index (χ0n) is 16.3. The third kappa shape index (κ3) is 2.16. The smallest absolute Gasteiger partial charge is 0.272 e. The second kappa shape index (κ2) is 5.70. The van der Waals surface area contributed by atoms with Crippen molar-refractivity contribution in [3.05, 3.63) is 41.5 Å². The molecule has 2 N–H and O–H groups in total. The standard InChI is InChI=1S/C22H27NO4S/c1-21(2)13-10-11-22(21,18(24)12-13)20(28(25,26)27)15-7-5-9-17-19(15)14-6-3-4-8-16(14)23-17/h3-4,6-8,13,17,19-20,23H,5,9-12H2,1-2H3,(H,25,26,27). The van der Waals surface area contributed by atoms with Crippen LogP contribution in [0.4, 0.5) is 5.69 Å². The fourth-order valence-corrected chi connectivity index (χ4v) is 8.56. The van der Waals surface area contributed by atoms with Gasteiger partial charge in [0.25, 0.3) is 10.1 Å². The maximum absolute atomic E-state index is 13.2. The minimum absolute atomic E-state index is 0.0126. The summed E-state index contributed by atoms with van der Waals surface area (Å²) < 4.78 is 36.2. The molecule has 4 aliphatic rings. The number of allylic oxidation sites excluding steroid dienone is 1. The topological polar surface area (TPSA) is 83.5 Å². The number of anilines is 1. The number of para-hydroxylation sites is 1. The molecule has 2 bridgehead atoms. The van der Waals surface area contributed by atoms with Crippen LogP contribution in [0, 0.1) is 16.7 Å². The van der Waals surface area contributed by atoms with E-state index in [2.05, 4.69) is 5.32 Å². The summed E-state index contributed by atoms with van der Waals surface area (Å²) in [7, 11) is -4.45. The Hall–Kier alpha value is -1.66. The summed E-state index contributed by atoms with van der Waals surface area (Å²) in [5.41, 5.74) is 1.35. The van der Waals surface area contributed by atoms with Gasteiger partial charge >= 0.3 is 0 Å². The van der Waals surface area contributed by atoms with Crippen LogP contribution in [-0.4, -0.2) is 30.0 Å². The van der Waals surface area contributed by atoms with Crippen molar-refractivity contribution >= 4 is 21.6 Å². The quantitative estimate of drug-likeness (QED) is 0.592. The van der Waals surface area contributed by atoms with Crippen LogP contribution >= 0.6 is 0 Å². The molecular weight excluding hydrogens is 374 g/mol. The molecule has 0 radical (unpaired) electrons. The zero-order chi connectivity index (χ0) is 19.9. The Labute approximate surface area is 166 Å². The number of Topliss-reactive ketones (excluding diaryl/α,β-unsaturated/α-hetero) is 1. The highest BCUT2D eigenvalue weighted by molar-refractivity contribution is 7.86. The van der Waals surface area contributed by atoms with Crippen LogP contribution in [0.1, 0.15) is 57.4 Å². The molecule has 1 aliphatic heterocycles. The maximum Gasteiger partial charge on any atom is 0.272 e. The number of carbonyl (C=O) groups is 1. The van der Waals surface area contributed by atoms with Crippen molar-refractivity contribution in [2.75, 3.05) is 5.32 Å². The van der Waals surface area contributed by atoms with E-state index in [1.165, 1.54) is 0 Å². The van der Waals surface area contributed by atoms with Gasteiger partial charge in [-0.1, -0.05) is 38.1 Å². The lowest BCUT2D eigenvalue weighted by atomic mass is 9.62. The van der Waals surface area contributed by atoms with Gasteiger partial charge in [0.15, 0.2) is 0 Å². The fraction of sp³-hybridized carbons (Fsp3) is 0.591. The van der Waals surface area contributed by atoms with E-state index in [0.29, 0.717) is 12.8 Å². The summed E-state index contributed by atoms with van der Waals surface area (Å²) in [5, 5.41) is 2.38. The Kier molecular flexibility index (Phi) is 3.74. The van der Waals surface area contributed by atoms with Crippen LogP contribution in [-0.2, 0) is 14.9 Å². The summed E-state index contributed by atoms with van der Waals surface area (Å²) in [6.45, 7) is 4.05. The highest BCUT2D eigenvalue weighted by Gasteiger charge is 2.70. The van der Waals surface area contributed by atoms with E-state index in [9.17, 15) is 17.8 Å². The second-order valence-corrected chi connectivity index (χ2v) is 11.0. The molecular formula is C22H27NO4S. The molecule has 0 spiro atoms. The van der Waals surface area contributed by atoms with Crippen molar-refractivity contribution in [3.8, 4) is 0 Å². The van der Waals surface area contributed by atoms with Crippen LogP contribution in [0.3, 0.4) is 0 Å². The molecule has 1 heterocycles. The van der Waals surface area contributed by atoms with Gasteiger partial charge in [-0.2, -0.15) is 8.42 Å². The average Bonchev–Trinajstić information content (AvgIpc) is 3.17. The largest absolute Gasteiger partial charge is 0.381 e. The van der Waals surface area contributed by atoms with E-state index in [0.717, 1.165) is 36.1 Å². The lowest BCUT2D eigenvalue weighted by Crippen LogP contribution is -2.52. The van der Waals surface area contributed by atoms with Crippen LogP contribution in [0.15, 0.2) is 35.9 Å². The monoisotopic (exact) mass is 401 g/mol. The summed E-state index contributed by atoms with van der Waals surface area (Å²) in [5.74, 6) is 0.0892. The highest BCUT2D eigenvalue weighted by Crippen LogP contribution is 2.68. The van der Waals surface area contributed by atoms with E-state index in [1.807, 2.05) is 44.2 Å². The first kappa shape index (κ1) is 18.4. The molecule has 5 unspecified atom stereocenters. The number of ketones is 1. The van der Waals surface area contributed by atoms with E-state index in [1.54, 1.807) is 0 Å². The lowest BCUT2D eigenvalue weighted by Gasteiger charge is -2.45. The number of hydrogen-bond donors (Lipinski definition) is 2. The number of carbonyl (C=O) groups excluding carboxylic acids is 1. The maximum atomic E-state index is 13.2. The van der Waals surface area contributed by atoms with Gasteiger partial charge in [0.2, 0.25) is 0 Å². The lowest BCUT2D eigenvalue weighted by molar-refractivity contribution is -0.129. The molecule has 28 heavy (non-hydrogen) atoms. The minimum atomic E-state index is -4.45. The van der Waals surface area contributed by atoms with E-state index >= 15 is 0 Å². The summed E-state index contributed by atoms with van der Waals surface area (Å²) in [6.07, 6.45) is 5.47. The number of benzene rings is 1. The van der Waals surface area contributed by atoms with E-state index in [-0.39, 0.29) is 23.7 Å². The predicted molar refractivity (Wildman–Crippen MR) is 108 cm³/mol. The summed E-state index contributed by atoms with van der Waals surface area (Å²) in [6, 6.07) is 8.09. The number of hydrogen-bond acceptors (Lipinski definition) is 4. The second-order valence-electron chi connectivity index (χ2n) is 9.55. The molecule has 3 aliphatic carbocycles. The normalized spacial score (nSPS) is 36.5. The van der Waals surface area contributed by atoms with Gasteiger partial charge in [0.05, 0.1) is 5.41 Å².